The maximum absolute atomic E-state index is 10.6. The van der Waals surface area contributed by atoms with E-state index in [1.807, 2.05) is 5.32 Å². The number of hydrogen-bond acceptors (Lipinski definition) is 3. The lowest BCUT2D eigenvalue weighted by molar-refractivity contribution is -0.115. The molecule has 60 valence electrons. The molecule has 2 amide bonds. The molecule has 11 heavy (non-hydrogen) atoms. The Morgan fingerprint density at radius 2 is 2.18 bits per heavy atom. The molecule has 4 heteroatoms. The Morgan fingerprint density at radius 1 is 1.55 bits per heavy atom. The van der Waals surface area contributed by atoms with Gasteiger partial charge < -0.3 is 4.74 Å². The van der Waals surface area contributed by atoms with Crippen molar-refractivity contribution in [1.82, 2.24) is 5.32 Å². The van der Waals surface area contributed by atoms with Gasteiger partial charge >= 0.3 is 6.09 Å². The van der Waals surface area contributed by atoms with Crippen LogP contribution in [0.1, 0.15) is 6.92 Å². The van der Waals surface area contributed by atoms with Crippen LogP contribution in [-0.2, 0) is 9.53 Å². The van der Waals surface area contributed by atoms with Gasteiger partial charge in [0.1, 0.15) is 0 Å². The van der Waals surface area contributed by atoms with Crippen molar-refractivity contribution in [1.29, 1.82) is 0 Å². The fourth-order valence-corrected chi connectivity index (χ4v) is 0.399. The van der Waals surface area contributed by atoms with Crippen LogP contribution in [0.2, 0.25) is 0 Å². The first-order chi connectivity index (χ1) is 5.20. The largest absolute Gasteiger partial charge is 0.419 e. The highest BCUT2D eigenvalue weighted by Gasteiger charge is 2.02. The molecule has 0 radical (unpaired) electrons. The highest BCUT2D eigenvalue weighted by atomic mass is 16.5. The monoisotopic (exact) mass is 155 g/mol. The van der Waals surface area contributed by atoms with E-state index in [2.05, 4.69) is 11.3 Å². The minimum Gasteiger partial charge on any atom is -0.419 e. The fourth-order valence-electron chi connectivity index (χ4n) is 0.399. The van der Waals surface area contributed by atoms with Crippen molar-refractivity contribution in [2.24, 2.45) is 0 Å². The summed E-state index contributed by atoms with van der Waals surface area (Å²) in [7, 11) is 0. The van der Waals surface area contributed by atoms with Gasteiger partial charge in [-0.15, -0.1) is 0 Å². The van der Waals surface area contributed by atoms with Crippen LogP contribution in [0.4, 0.5) is 4.79 Å². The van der Waals surface area contributed by atoms with Crippen LogP contribution in [0.3, 0.4) is 0 Å². The van der Waals surface area contributed by atoms with Crippen LogP contribution < -0.4 is 5.32 Å². The molecule has 0 heterocycles. The second-order valence-electron chi connectivity index (χ2n) is 1.56. The van der Waals surface area contributed by atoms with Crippen LogP contribution in [0.15, 0.2) is 25.0 Å². The summed E-state index contributed by atoms with van der Waals surface area (Å²) >= 11 is 0. The van der Waals surface area contributed by atoms with E-state index in [-0.39, 0.29) is 0 Å². The molecule has 0 aliphatic heterocycles. The predicted octanol–water partition coefficient (Wildman–Crippen LogP) is 0.959. The van der Waals surface area contributed by atoms with E-state index >= 15 is 0 Å². The molecule has 0 aromatic carbocycles. The van der Waals surface area contributed by atoms with E-state index < -0.39 is 12.0 Å². The van der Waals surface area contributed by atoms with Gasteiger partial charge in [-0.2, -0.15) is 0 Å². The number of alkyl carbamates (subject to hydrolysis) is 1. The Labute approximate surface area is 64.5 Å². The third-order valence-corrected chi connectivity index (χ3v) is 0.734. The zero-order valence-corrected chi connectivity index (χ0v) is 6.16. The Balaban J connectivity index is 3.75. The molecular weight excluding hydrogens is 146 g/mol. The van der Waals surface area contributed by atoms with Crippen LogP contribution in [0.5, 0.6) is 0 Å². The molecule has 0 aliphatic rings. The van der Waals surface area contributed by atoms with Gasteiger partial charge in [-0.1, -0.05) is 12.7 Å². The molecule has 0 spiro atoms. The number of nitrogens with one attached hydrogen (secondary N) is 1. The smallest absolute Gasteiger partial charge is 0.418 e. The van der Waals surface area contributed by atoms with Crippen molar-refractivity contribution < 1.29 is 14.3 Å². The minimum absolute atomic E-state index is 0.514. The van der Waals surface area contributed by atoms with Crippen LogP contribution in [-0.4, -0.2) is 12.0 Å². The minimum atomic E-state index is -0.830. The molecule has 0 aliphatic carbocycles. The van der Waals surface area contributed by atoms with E-state index in [4.69, 9.17) is 0 Å². The number of imide groups is 1. The maximum atomic E-state index is 10.6. The second-order valence-corrected chi connectivity index (χ2v) is 1.56. The van der Waals surface area contributed by atoms with Crippen LogP contribution >= 0.6 is 0 Å². The molecule has 4 nitrogen and oxygen atoms in total. The normalized spacial score (nSPS) is 9.18. The fraction of sp³-hybridized carbons (Fsp3) is 0.143. The summed E-state index contributed by atoms with van der Waals surface area (Å²) in [5, 5.41) is 1.92. The highest BCUT2D eigenvalue weighted by molar-refractivity contribution is 5.98. The predicted molar refractivity (Wildman–Crippen MR) is 39.6 cm³/mol. The third kappa shape index (κ3) is 4.90. The number of amides is 2. The molecule has 0 rings (SSSR count). The Hall–Kier alpha value is -1.58. The van der Waals surface area contributed by atoms with Gasteiger partial charge in [-0.25, -0.2) is 4.79 Å². The van der Waals surface area contributed by atoms with Gasteiger partial charge in [-0.3, -0.25) is 10.1 Å². The Kier molecular flexibility index (Phi) is 4.47. The molecule has 1 N–H and O–H groups in total. The standard InChI is InChI=1S/C7H9NO3/c1-3-5-6(9)8-7(10)11-4-2/h3-5H,2H2,1H3,(H,8,9,10). The van der Waals surface area contributed by atoms with Gasteiger partial charge in [0, 0.05) is 0 Å². The summed E-state index contributed by atoms with van der Waals surface area (Å²) < 4.78 is 4.22. The third-order valence-electron chi connectivity index (χ3n) is 0.734. The number of allylic oxidation sites excluding steroid dienone is 1. The summed E-state index contributed by atoms with van der Waals surface area (Å²) in [5.74, 6) is -0.514. The molecule has 0 saturated carbocycles. The molecule has 0 aromatic heterocycles. The Morgan fingerprint density at radius 3 is 2.64 bits per heavy atom. The van der Waals surface area contributed by atoms with Gasteiger partial charge in [-0.05, 0) is 13.0 Å². The van der Waals surface area contributed by atoms with Gasteiger partial charge in [0.2, 0.25) is 0 Å². The van der Waals surface area contributed by atoms with E-state index in [0.29, 0.717) is 0 Å². The molecule has 0 fully saturated rings. The molecular formula is C7H9NO3. The van der Waals surface area contributed by atoms with Crippen LogP contribution in [0, 0.1) is 0 Å². The molecule has 0 aromatic rings. The van der Waals surface area contributed by atoms with Crippen molar-refractivity contribution in [3.63, 3.8) is 0 Å². The summed E-state index contributed by atoms with van der Waals surface area (Å²) in [6, 6.07) is 0. The highest BCUT2D eigenvalue weighted by Crippen LogP contribution is 1.78. The van der Waals surface area contributed by atoms with Crippen molar-refractivity contribution in [2.75, 3.05) is 0 Å². The first kappa shape index (κ1) is 9.42. The van der Waals surface area contributed by atoms with E-state index in [0.717, 1.165) is 6.26 Å². The number of carbonyl (C=O) groups is 2. The van der Waals surface area contributed by atoms with Gasteiger partial charge in [0.05, 0.1) is 6.26 Å². The topological polar surface area (TPSA) is 55.4 Å². The van der Waals surface area contributed by atoms with Gasteiger partial charge in [0.25, 0.3) is 5.91 Å². The first-order valence-corrected chi connectivity index (χ1v) is 2.96. The number of ether oxygens (including phenoxy) is 1. The zero-order valence-electron chi connectivity index (χ0n) is 6.16. The average molecular weight is 155 g/mol. The van der Waals surface area contributed by atoms with Crippen LogP contribution in [0.25, 0.3) is 0 Å². The summed E-state index contributed by atoms with van der Waals surface area (Å²) in [6.07, 6.45) is 2.84. The molecule has 0 unspecified atom stereocenters. The molecule has 0 bridgehead atoms. The lowest BCUT2D eigenvalue weighted by Crippen LogP contribution is -2.28. The molecule has 0 atom stereocenters. The number of hydrogen-bond donors (Lipinski definition) is 1. The van der Waals surface area contributed by atoms with Crippen molar-refractivity contribution in [2.45, 2.75) is 6.92 Å². The van der Waals surface area contributed by atoms with E-state index in [9.17, 15) is 9.59 Å². The van der Waals surface area contributed by atoms with Crippen molar-refractivity contribution in [3.05, 3.63) is 25.0 Å². The SMILES string of the molecule is C=COC(=O)NC(=O)C=CC. The quantitative estimate of drug-likeness (QED) is 0.477. The lowest BCUT2D eigenvalue weighted by Gasteiger charge is -1.96. The van der Waals surface area contributed by atoms with Gasteiger partial charge in [0.15, 0.2) is 0 Å². The summed E-state index contributed by atoms with van der Waals surface area (Å²) in [6.45, 7) is 4.81. The first-order valence-electron chi connectivity index (χ1n) is 2.96. The van der Waals surface area contributed by atoms with E-state index in [1.54, 1.807) is 6.92 Å². The number of carbonyl (C=O) groups excluding carboxylic acids is 2. The summed E-state index contributed by atoms with van der Waals surface area (Å²) in [5.41, 5.74) is 0. The van der Waals surface area contributed by atoms with Crippen molar-refractivity contribution in [3.8, 4) is 0 Å². The average Bonchev–Trinajstić information content (AvgIpc) is 1.87. The zero-order chi connectivity index (χ0) is 8.69. The van der Waals surface area contributed by atoms with E-state index in [1.165, 1.54) is 12.2 Å². The maximum Gasteiger partial charge on any atom is 0.418 e. The lowest BCUT2D eigenvalue weighted by atomic mass is 10.5. The van der Waals surface area contributed by atoms with Crippen molar-refractivity contribution >= 4 is 12.0 Å². The Bertz CT molecular complexity index is 196. The number of rotatable bonds is 2. The second kappa shape index (κ2) is 5.22. The summed E-state index contributed by atoms with van der Waals surface area (Å²) in [4.78, 5) is 21.1. The molecule has 0 saturated heterocycles.